The second kappa shape index (κ2) is 6.46. The monoisotopic (exact) mass is 429 g/mol. The summed E-state index contributed by atoms with van der Waals surface area (Å²) >= 11 is 8.28. The van der Waals surface area contributed by atoms with Crippen molar-refractivity contribution < 1.29 is 5.11 Å². The van der Waals surface area contributed by atoms with Gasteiger partial charge in [0.25, 0.3) is 0 Å². The Balaban J connectivity index is 1.71. The average Bonchev–Trinajstić information content (AvgIpc) is 2.87. The molecule has 0 spiro atoms. The molecule has 21 heavy (non-hydrogen) atoms. The summed E-state index contributed by atoms with van der Waals surface area (Å²) < 4.78 is 1.26. The van der Waals surface area contributed by atoms with Crippen molar-refractivity contribution in [2.24, 2.45) is 5.10 Å². The minimum Gasteiger partial charge on any atom is -0.506 e. The number of thiazole rings is 1. The first-order valence-corrected chi connectivity index (χ1v) is 8.99. The third kappa shape index (κ3) is 3.46. The smallest absolute Gasteiger partial charge is 0.203 e. The Kier molecular flexibility index (Phi) is 4.61. The van der Waals surface area contributed by atoms with Crippen LogP contribution in [0.4, 0.5) is 5.13 Å². The van der Waals surface area contributed by atoms with E-state index in [0.717, 1.165) is 23.5 Å². The van der Waals surface area contributed by atoms with Gasteiger partial charge in [-0.1, -0.05) is 0 Å². The number of nitrogens with zero attached hydrogens (tertiary/aromatic N) is 2. The Morgan fingerprint density at radius 2 is 1.95 bits per heavy atom. The van der Waals surface area contributed by atoms with E-state index in [0.29, 0.717) is 8.95 Å². The van der Waals surface area contributed by atoms with Crippen molar-refractivity contribution in [1.29, 1.82) is 0 Å². The summed E-state index contributed by atoms with van der Waals surface area (Å²) in [5.74, 6) is 0.188. The number of fused-ring (bicyclic) bond motifs is 1. The molecule has 0 amide bonds. The van der Waals surface area contributed by atoms with E-state index in [9.17, 15) is 5.11 Å². The minimum absolute atomic E-state index is 0.188. The molecule has 0 bridgehead atoms. The van der Waals surface area contributed by atoms with E-state index in [1.807, 2.05) is 0 Å². The first kappa shape index (κ1) is 15.0. The zero-order valence-corrected chi connectivity index (χ0v) is 15.1. The SMILES string of the molecule is Oc1c(Br)cc(C=NNc2nc3c(s2)CCCC3)cc1Br. The van der Waals surface area contributed by atoms with Crippen LogP contribution in [-0.2, 0) is 12.8 Å². The standard InChI is InChI=1S/C14H13Br2N3OS/c15-9-5-8(6-10(16)13(9)20)7-17-19-14-18-11-3-1-2-4-12(11)21-14/h5-7,20H,1-4H2,(H,18,19). The van der Waals surface area contributed by atoms with Gasteiger partial charge in [0.1, 0.15) is 5.75 Å². The van der Waals surface area contributed by atoms with Crippen LogP contribution in [0.5, 0.6) is 5.75 Å². The van der Waals surface area contributed by atoms with Crippen LogP contribution in [0, 0.1) is 0 Å². The Morgan fingerprint density at radius 1 is 1.24 bits per heavy atom. The summed E-state index contributed by atoms with van der Waals surface area (Å²) in [6.45, 7) is 0. The summed E-state index contributed by atoms with van der Waals surface area (Å²) in [5, 5.41) is 14.7. The molecule has 1 aromatic heterocycles. The van der Waals surface area contributed by atoms with Crippen LogP contribution in [0.15, 0.2) is 26.2 Å². The van der Waals surface area contributed by atoms with Crippen molar-refractivity contribution in [3.8, 4) is 5.75 Å². The average molecular weight is 431 g/mol. The van der Waals surface area contributed by atoms with Crippen LogP contribution in [-0.4, -0.2) is 16.3 Å². The Bertz CT molecular complexity index is 653. The number of aryl methyl sites for hydroxylation is 2. The van der Waals surface area contributed by atoms with E-state index in [-0.39, 0.29) is 5.75 Å². The molecule has 1 heterocycles. The molecule has 0 saturated carbocycles. The number of aromatic nitrogens is 1. The number of rotatable bonds is 3. The Hall–Kier alpha value is -0.920. The number of hydrazone groups is 1. The first-order valence-electron chi connectivity index (χ1n) is 6.59. The lowest BCUT2D eigenvalue weighted by Gasteiger charge is -2.06. The van der Waals surface area contributed by atoms with Gasteiger partial charge in [0.2, 0.25) is 5.13 Å². The first-order chi connectivity index (χ1) is 10.1. The highest BCUT2D eigenvalue weighted by atomic mass is 79.9. The van der Waals surface area contributed by atoms with Gasteiger partial charge in [0.15, 0.2) is 0 Å². The van der Waals surface area contributed by atoms with Gasteiger partial charge >= 0.3 is 0 Å². The largest absolute Gasteiger partial charge is 0.506 e. The van der Waals surface area contributed by atoms with Crippen molar-refractivity contribution in [3.05, 3.63) is 37.2 Å². The van der Waals surface area contributed by atoms with Crippen LogP contribution < -0.4 is 5.43 Å². The second-order valence-corrected chi connectivity index (χ2v) is 7.59. The van der Waals surface area contributed by atoms with Crippen molar-refractivity contribution in [1.82, 2.24) is 4.98 Å². The predicted octanol–water partition coefficient (Wildman–Crippen LogP) is 4.70. The third-order valence-electron chi connectivity index (χ3n) is 3.26. The number of hydrogen-bond donors (Lipinski definition) is 2. The number of phenols is 1. The normalized spacial score (nSPS) is 14.4. The molecule has 0 fully saturated rings. The maximum Gasteiger partial charge on any atom is 0.203 e. The van der Waals surface area contributed by atoms with Crippen LogP contribution >= 0.6 is 43.2 Å². The van der Waals surface area contributed by atoms with E-state index in [1.54, 1.807) is 29.7 Å². The lowest BCUT2D eigenvalue weighted by atomic mass is 10.0. The van der Waals surface area contributed by atoms with Crippen LogP contribution in [0.3, 0.4) is 0 Å². The van der Waals surface area contributed by atoms with Crippen LogP contribution in [0.2, 0.25) is 0 Å². The maximum atomic E-state index is 9.67. The summed E-state index contributed by atoms with van der Waals surface area (Å²) in [5.41, 5.74) is 5.08. The number of anilines is 1. The molecule has 2 aromatic rings. The lowest BCUT2D eigenvalue weighted by molar-refractivity contribution is 0.468. The summed E-state index contributed by atoms with van der Waals surface area (Å²) in [4.78, 5) is 5.95. The molecule has 0 aliphatic heterocycles. The number of phenolic OH excluding ortho intramolecular Hbond substituents is 1. The zero-order chi connectivity index (χ0) is 14.8. The van der Waals surface area contributed by atoms with Gasteiger partial charge < -0.3 is 5.11 Å². The van der Waals surface area contributed by atoms with Crippen molar-refractivity contribution in [2.45, 2.75) is 25.7 Å². The van der Waals surface area contributed by atoms with Gasteiger partial charge in [-0.25, -0.2) is 4.98 Å². The highest BCUT2D eigenvalue weighted by molar-refractivity contribution is 9.11. The number of aromatic hydroxyl groups is 1. The molecular formula is C14H13Br2N3OS. The molecule has 0 atom stereocenters. The topological polar surface area (TPSA) is 57.5 Å². The maximum absolute atomic E-state index is 9.67. The molecule has 3 rings (SSSR count). The van der Waals surface area contributed by atoms with E-state index in [1.165, 1.54) is 23.4 Å². The Labute approximate surface area is 143 Å². The quantitative estimate of drug-likeness (QED) is 0.548. The molecule has 4 nitrogen and oxygen atoms in total. The number of benzene rings is 1. The Morgan fingerprint density at radius 3 is 2.67 bits per heavy atom. The molecule has 0 unspecified atom stereocenters. The lowest BCUT2D eigenvalue weighted by Crippen LogP contribution is -1.99. The molecule has 7 heteroatoms. The van der Waals surface area contributed by atoms with E-state index >= 15 is 0 Å². The summed E-state index contributed by atoms with van der Waals surface area (Å²) in [6, 6.07) is 3.61. The number of halogens is 2. The van der Waals surface area contributed by atoms with Gasteiger partial charge in [0.05, 0.1) is 20.9 Å². The molecule has 1 aromatic carbocycles. The van der Waals surface area contributed by atoms with Gasteiger partial charge in [-0.3, -0.25) is 5.43 Å². The fourth-order valence-electron chi connectivity index (χ4n) is 2.22. The van der Waals surface area contributed by atoms with Crippen LogP contribution in [0.25, 0.3) is 0 Å². The van der Waals surface area contributed by atoms with Gasteiger partial charge in [-0.2, -0.15) is 5.10 Å². The molecule has 1 aliphatic rings. The highest BCUT2D eigenvalue weighted by Crippen LogP contribution is 2.33. The summed E-state index contributed by atoms with van der Waals surface area (Å²) in [6.07, 6.45) is 6.41. The van der Waals surface area contributed by atoms with Crippen LogP contribution in [0.1, 0.15) is 29.0 Å². The zero-order valence-electron chi connectivity index (χ0n) is 11.1. The van der Waals surface area contributed by atoms with E-state index in [4.69, 9.17) is 0 Å². The van der Waals surface area contributed by atoms with Gasteiger partial charge in [0, 0.05) is 4.88 Å². The number of hydrogen-bond acceptors (Lipinski definition) is 5. The molecule has 0 saturated heterocycles. The third-order valence-corrected chi connectivity index (χ3v) is 5.53. The van der Waals surface area contributed by atoms with Crippen molar-refractivity contribution >= 4 is 54.5 Å². The molecule has 1 aliphatic carbocycles. The van der Waals surface area contributed by atoms with Gasteiger partial charge in [-0.15, -0.1) is 11.3 Å². The minimum atomic E-state index is 0.188. The molecule has 2 N–H and O–H groups in total. The second-order valence-electron chi connectivity index (χ2n) is 4.80. The highest BCUT2D eigenvalue weighted by Gasteiger charge is 2.14. The van der Waals surface area contributed by atoms with Crippen molar-refractivity contribution in [2.75, 3.05) is 5.43 Å². The summed E-state index contributed by atoms with van der Waals surface area (Å²) in [7, 11) is 0. The van der Waals surface area contributed by atoms with Gasteiger partial charge in [-0.05, 0) is 75.2 Å². The number of nitrogens with one attached hydrogen (secondary N) is 1. The molecule has 0 radical (unpaired) electrons. The van der Waals surface area contributed by atoms with E-state index < -0.39 is 0 Å². The van der Waals surface area contributed by atoms with E-state index in [2.05, 4.69) is 47.4 Å². The molecule has 110 valence electrons. The fourth-order valence-corrected chi connectivity index (χ4v) is 4.44. The molecular weight excluding hydrogens is 418 g/mol. The predicted molar refractivity (Wildman–Crippen MR) is 93.5 cm³/mol. The fraction of sp³-hybridized carbons (Fsp3) is 0.286. The van der Waals surface area contributed by atoms with Crippen molar-refractivity contribution in [3.63, 3.8) is 0 Å².